The van der Waals surface area contributed by atoms with E-state index in [1.165, 1.54) is 5.57 Å². The zero-order valence-electron chi connectivity index (χ0n) is 13.6. The van der Waals surface area contributed by atoms with Gasteiger partial charge in [0.15, 0.2) is 5.96 Å². The van der Waals surface area contributed by atoms with Crippen molar-refractivity contribution in [3.63, 3.8) is 0 Å². The molecule has 1 atom stereocenters. The summed E-state index contributed by atoms with van der Waals surface area (Å²) >= 11 is 6.04. The summed E-state index contributed by atoms with van der Waals surface area (Å²) in [4.78, 5) is 4.28. The van der Waals surface area contributed by atoms with E-state index in [2.05, 4.69) is 34.7 Å². The minimum atomic E-state index is 0. The number of hydrogen-bond donors (Lipinski definition) is 2. The third kappa shape index (κ3) is 7.10. The second-order valence-electron chi connectivity index (χ2n) is 5.36. The second kappa shape index (κ2) is 10.9. The Labute approximate surface area is 160 Å². The number of halogens is 2. The van der Waals surface area contributed by atoms with Crippen LogP contribution in [-0.4, -0.2) is 32.8 Å². The van der Waals surface area contributed by atoms with Gasteiger partial charge in [0.1, 0.15) is 0 Å². The Morgan fingerprint density at radius 2 is 2.26 bits per heavy atom. The van der Waals surface area contributed by atoms with Crippen LogP contribution < -0.4 is 10.6 Å². The summed E-state index contributed by atoms with van der Waals surface area (Å²) in [6.45, 7) is 4.55. The highest BCUT2D eigenvalue weighted by Gasteiger charge is 2.09. The summed E-state index contributed by atoms with van der Waals surface area (Å²) in [6.07, 6.45) is 4.23. The van der Waals surface area contributed by atoms with Gasteiger partial charge in [-0.15, -0.1) is 24.0 Å². The molecule has 0 fully saturated rings. The maximum atomic E-state index is 6.04. The smallest absolute Gasteiger partial charge is 0.191 e. The molecule has 1 aliphatic heterocycles. The van der Waals surface area contributed by atoms with E-state index in [9.17, 15) is 0 Å². The third-order valence-electron chi connectivity index (χ3n) is 3.72. The summed E-state index contributed by atoms with van der Waals surface area (Å²) < 4.78 is 5.32. The van der Waals surface area contributed by atoms with Gasteiger partial charge in [-0.3, -0.25) is 4.99 Å². The molecule has 1 aliphatic rings. The van der Waals surface area contributed by atoms with Crippen molar-refractivity contribution in [1.29, 1.82) is 0 Å². The lowest BCUT2D eigenvalue weighted by Gasteiger charge is -2.19. The van der Waals surface area contributed by atoms with Gasteiger partial charge in [0.2, 0.25) is 0 Å². The average Bonchev–Trinajstić information content (AvgIpc) is 2.54. The molecular formula is C17H25ClIN3O. The van der Waals surface area contributed by atoms with Gasteiger partial charge in [0.05, 0.1) is 19.3 Å². The van der Waals surface area contributed by atoms with Gasteiger partial charge in [-0.05, 0) is 37.5 Å². The SMILES string of the molecule is CN=C(NCCC1=CCOCC1)NC(C)c1cccc(Cl)c1.I. The van der Waals surface area contributed by atoms with Gasteiger partial charge in [-0.2, -0.15) is 0 Å². The van der Waals surface area contributed by atoms with E-state index < -0.39 is 0 Å². The first-order valence-corrected chi connectivity index (χ1v) is 8.05. The first-order chi connectivity index (χ1) is 10.7. The molecule has 0 spiro atoms. The Bertz CT molecular complexity index is 548. The number of nitrogens with one attached hydrogen (secondary N) is 2. The monoisotopic (exact) mass is 449 g/mol. The van der Waals surface area contributed by atoms with Crippen molar-refractivity contribution in [3.05, 3.63) is 46.5 Å². The van der Waals surface area contributed by atoms with Gasteiger partial charge in [0.25, 0.3) is 0 Å². The number of hydrogen-bond acceptors (Lipinski definition) is 2. The molecule has 0 aliphatic carbocycles. The summed E-state index contributed by atoms with van der Waals surface area (Å²) in [5, 5.41) is 7.49. The molecule has 0 saturated heterocycles. The van der Waals surface area contributed by atoms with E-state index in [-0.39, 0.29) is 30.0 Å². The molecule has 0 amide bonds. The highest BCUT2D eigenvalue weighted by molar-refractivity contribution is 14.0. The van der Waals surface area contributed by atoms with E-state index in [0.29, 0.717) is 0 Å². The van der Waals surface area contributed by atoms with Crippen molar-refractivity contribution in [3.8, 4) is 0 Å². The average molecular weight is 450 g/mol. The van der Waals surface area contributed by atoms with Gasteiger partial charge < -0.3 is 15.4 Å². The molecular weight excluding hydrogens is 425 g/mol. The fourth-order valence-corrected chi connectivity index (χ4v) is 2.59. The highest BCUT2D eigenvalue weighted by Crippen LogP contribution is 2.17. The van der Waals surface area contributed by atoms with E-state index in [0.717, 1.165) is 49.1 Å². The van der Waals surface area contributed by atoms with Crippen molar-refractivity contribution >= 4 is 41.5 Å². The lowest BCUT2D eigenvalue weighted by molar-refractivity contribution is 0.153. The van der Waals surface area contributed by atoms with Crippen LogP contribution in [0.5, 0.6) is 0 Å². The van der Waals surface area contributed by atoms with Crippen LogP contribution in [0.25, 0.3) is 0 Å². The molecule has 1 aromatic carbocycles. The van der Waals surface area contributed by atoms with Gasteiger partial charge >= 0.3 is 0 Å². The zero-order valence-corrected chi connectivity index (χ0v) is 16.7. The van der Waals surface area contributed by atoms with E-state index >= 15 is 0 Å². The van der Waals surface area contributed by atoms with Gasteiger partial charge in [0, 0.05) is 18.6 Å². The Morgan fingerprint density at radius 3 is 2.91 bits per heavy atom. The van der Waals surface area contributed by atoms with Gasteiger partial charge in [-0.25, -0.2) is 0 Å². The molecule has 0 bridgehead atoms. The number of guanidine groups is 1. The summed E-state index contributed by atoms with van der Waals surface area (Å²) in [5.74, 6) is 0.806. The number of nitrogens with zero attached hydrogens (tertiary/aromatic N) is 1. The van der Waals surface area contributed by atoms with Crippen molar-refractivity contribution < 1.29 is 4.74 Å². The maximum absolute atomic E-state index is 6.04. The van der Waals surface area contributed by atoms with Crippen LogP contribution in [-0.2, 0) is 4.74 Å². The molecule has 1 unspecified atom stereocenters. The van der Waals surface area contributed by atoms with Crippen LogP contribution in [0.2, 0.25) is 5.02 Å². The van der Waals surface area contributed by atoms with E-state index in [4.69, 9.17) is 16.3 Å². The first-order valence-electron chi connectivity index (χ1n) is 7.67. The van der Waals surface area contributed by atoms with Gasteiger partial charge in [-0.1, -0.05) is 35.4 Å². The zero-order chi connectivity index (χ0) is 15.8. The molecule has 128 valence electrons. The molecule has 0 saturated carbocycles. The maximum Gasteiger partial charge on any atom is 0.191 e. The van der Waals surface area contributed by atoms with Crippen LogP contribution in [0, 0.1) is 0 Å². The summed E-state index contributed by atoms with van der Waals surface area (Å²) in [5.41, 5.74) is 2.60. The molecule has 23 heavy (non-hydrogen) atoms. The Kier molecular flexibility index (Phi) is 9.59. The number of aliphatic imine (C=N–C) groups is 1. The van der Waals surface area contributed by atoms with Crippen molar-refractivity contribution in [2.45, 2.75) is 25.8 Å². The molecule has 0 radical (unpaired) electrons. The molecule has 2 rings (SSSR count). The molecule has 4 nitrogen and oxygen atoms in total. The molecule has 2 N–H and O–H groups in total. The Balaban J connectivity index is 0.00000264. The normalized spacial score (nSPS) is 16.1. The number of ether oxygens (including phenoxy) is 1. The van der Waals surface area contributed by atoms with E-state index in [1.54, 1.807) is 7.05 Å². The van der Waals surface area contributed by atoms with Crippen LogP contribution >= 0.6 is 35.6 Å². The number of rotatable bonds is 5. The summed E-state index contributed by atoms with van der Waals surface area (Å²) in [7, 11) is 1.79. The van der Waals surface area contributed by atoms with Crippen molar-refractivity contribution in [2.75, 3.05) is 26.8 Å². The topological polar surface area (TPSA) is 45.7 Å². The predicted molar refractivity (Wildman–Crippen MR) is 108 cm³/mol. The van der Waals surface area contributed by atoms with E-state index in [1.807, 2.05) is 18.2 Å². The first kappa shape index (κ1) is 20.3. The quantitative estimate of drug-likeness (QED) is 0.310. The lowest BCUT2D eigenvalue weighted by atomic mass is 10.1. The minimum absolute atomic E-state index is 0. The second-order valence-corrected chi connectivity index (χ2v) is 5.79. The van der Waals surface area contributed by atoms with Crippen LogP contribution in [0.1, 0.15) is 31.4 Å². The largest absolute Gasteiger partial charge is 0.377 e. The standard InChI is InChI=1S/C17H24ClN3O.HI/c1-13(15-4-3-5-16(18)12-15)21-17(19-2)20-9-6-14-7-10-22-11-8-14;/h3-5,7,12-13H,6,8-11H2,1-2H3,(H2,19,20,21);1H. The van der Waals surface area contributed by atoms with Crippen LogP contribution in [0.4, 0.5) is 0 Å². The molecule has 1 aromatic rings. The third-order valence-corrected chi connectivity index (χ3v) is 3.96. The molecule has 6 heteroatoms. The molecule has 0 aromatic heterocycles. The summed E-state index contributed by atoms with van der Waals surface area (Å²) in [6, 6.07) is 8.02. The molecule has 1 heterocycles. The van der Waals surface area contributed by atoms with Crippen LogP contribution in [0.15, 0.2) is 40.9 Å². The fourth-order valence-electron chi connectivity index (χ4n) is 2.39. The van der Waals surface area contributed by atoms with Crippen LogP contribution in [0.3, 0.4) is 0 Å². The number of benzene rings is 1. The van der Waals surface area contributed by atoms with Crippen molar-refractivity contribution in [2.24, 2.45) is 4.99 Å². The minimum Gasteiger partial charge on any atom is -0.377 e. The Morgan fingerprint density at radius 1 is 1.43 bits per heavy atom. The highest BCUT2D eigenvalue weighted by atomic mass is 127. The lowest BCUT2D eigenvalue weighted by Crippen LogP contribution is -2.39. The van der Waals surface area contributed by atoms with Crippen molar-refractivity contribution in [1.82, 2.24) is 10.6 Å². The predicted octanol–water partition coefficient (Wildman–Crippen LogP) is 3.92. The fraction of sp³-hybridized carbons (Fsp3) is 0.471. The Hall–Kier alpha value is -0.790.